The lowest BCUT2D eigenvalue weighted by Crippen LogP contribution is -2.37. The molecule has 0 aromatic carbocycles. The summed E-state index contributed by atoms with van der Waals surface area (Å²) >= 11 is 0. The van der Waals surface area contributed by atoms with Crippen molar-refractivity contribution >= 4 is 5.91 Å². The SMILES string of the molecule is O=C(Cc1ccncc1)N1CCC(N2CCCC2)C1. The molecule has 19 heavy (non-hydrogen) atoms. The van der Waals surface area contributed by atoms with Crippen molar-refractivity contribution in [2.45, 2.75) is 31.7 Å². The standard InChI is InChI=1S/C15H21N3O/c19-15(11-13-3-6-16-7-4-13)18-10-5-14(12-18)17-8-1-2-9-17/h3-4,6-7,14H,1-2,5,8-12H2. The lowest BCUT2D eigenvalue weighted by Gasteiger charge is -2.23. The minimum absolute atomic E-state index is 0.257. The second-order valence-electron chi connectivity index (χ2n) is 5.56. The van der Waals surface area contributed by atoms with Crippen molar-refractivity contribution in [2.24, 2.45) is 0 Å². The number of rotatable bonds is 3. The number of hydrogen-bond donors (Lipinski definition) is 0. The molecule has 3 heterocycles. The van der Waals surface area contributed by atoms with Gasteiger partial charge >= 0.3 is 0 Å². The van der Waals surface area contributed by atoms with Crippen LogP contribution in [0.4, 0.5) is 0 Å². The van der Waals surface area contributed by atoms with E-state index in [9.17, 15) is 4.79 Å². The number of pyridine rings is 1. The van der Waals surface area contributed by atoms with Gasteiger partial charge in [-0.05, 0) is 50.0 Å². The summed E-state index contributed by atoms with van der Waals surface area (Å²) in [5.74, 6) is 0.257. The second kappa shape index (κ2) is 5.70. The largest absolute Gasteiger partial charge is 0.341 e. The van der Waals surface area contributed by atoms with Crippen LogP contribution in [0.3, 0.4) is 0 Å². The summed E-state index contributed by atoms with van der Waals surface area (Å²) in [5.41, 5.74) is 1.06. The fourth-order valence-corrected chi connectivity index (χ4v) is 3.16. The Morgan fingerprint density at radius 1 is 1.21 bits per heavy atom. The highest BCUT2D eigenvalue weighted by Gasteiger charge is 2.31. The number of nitrogens with zero attached hydrogens (tertiary/aromatic N) is 3. The molecule has 2 saturated heterocycles. The topological polar surface area (TPSA) is 36.4 Å². The highest BCUT2D eigenvalue weighted by atomic mass is 16.2. The first-order valence-corrected chi connectivity index (χ1v) is 7.23. The van der Waals surface area contributed by atoms with Crippen LogP contribution < -0.4 is 0 Å². The van der Waals surface area contributed by atoms with Gasteiger partial charge in [0.2, 0.25) is 5.91 Å². The number of hydrogen-bond acceptors (Lipinski definition) is 3. The van der Waals surface area contributed by atoms with E-state index in [2.05, 4.69) is 9.88 Å². The maximum absolute atomic E-state index is 12.3. The molecular formula is C15H21N3O. The minimum Gasteiger partial charge on any atom is -0.341 e. The average Bonchev–Trinajstić information content (AvgIpc) is 3.11. The molecule has 102 valence electrons. The van der Waals surface area contributed by atoms with E-state index in [0.717, 1.165) is 25.1 Å². The van der Waals surface area contributed by atoms with E-state index < -0.39 is 0 Å². The van der Waals surface area contributed by atoms with E-state index in [-0.39, 0.29) is 5.91 Å². The van der Waals surface area contributed by atoms with Crippen molar-refractivity contribution in [3.05, 3.63) is 30.1 Å². The molecule has 0 radical (unpaired) electrons. The molecule has 4 heteroatoms. The van der Waals surface area contributed by atoms with E-state index in [4.69, 9.17) is 0 Å². The Kier molecular flexibility index (Phi) is 3.78. The number of carbonyl (C=O) groups excluding carboxylic acids is 1. The number of aromatic nitrogens is 1. The molecule has 2 aliphatic rings. The van der Waals surface area contributed by atoms with Crippen molar-refractivity contribution in [1.82, 2.24) is 14.8 Å². The Hall–Kier alpha value is -1.42. The van der Waals surface area contributed by atoms with Crippen LogP contribution >= 0.6 is 0 Å². The Bertz CT molecular complexity index is 428. The third-order valence-corrected chi connectivity index (χ3v) is 4.28. The molecule has 1 atom stereocenters. The maximum atomic E-state index is 12.3. The smallest absolute Gasteiger partial charge is 0.227 e. The predicted molar refractivity (Wildman–Crippen MR) is 73.7 cm³/mol. The summed E-state index contributed by atoms with van der Waals surface area (Å²) in [6.07, 6.45) is 7.79. The van der Waals surface area contributed by atoms with Gasteiger partial charge in [0.1, 0.15) is 0 Å². The first kappa shape index (κ1) is 12.6. The van der Waals surface area contributed by atoms with E-state index in [1.807, 2.05) is 17.0 Å². The number of likely N-dealkylation sites (tertiary alicyclic amines) is 2. The van der Waals surface area contributed by atoms with Gasteiger partial charge in [0.05, 0.1) is 6.42 Å². The molecule has 2 aliphatic heterocycles. The normalized spacial score (nSPS) is 24.0. The molecular weight excluding hydrogens is 238 g/mol. The highest BCUT2D eigenvalue weighted by molar-refractivity contribution is 5.79. The van der Waals surface area contributed by atoms with Crippen LogP contribution in [0, 0.1) is 0 Å². The molecule has 1 aromatic heterocycles. The molecule has 3 rings (SSSR count). The van der Waals surface area contributed by atoms with Crippen LogP contribution in [0.15, 0.2) is 24.5 Å². The molecule has 2 fully saturated rings. The average molecular weight is 259 g/mol. The van der Waals surface area contributed by atoms with Crippen LogP contribution in [0.1, 0.15) is 24.8 Å². The molecule has 1 amide bonds. The van der Waals surface area contributed by atoms with Gasteiger partial charge in [-0.3, -0.25) is 14.7 Å². The van der Waals surface area contributed by atoms with Gasteiger partial charge in [0.15, 0.2) is 0 Å². The maximum Gasteiger partial charge on any atom is 0.227 e. The zero-order valence-corrected chi connectivity index (χ0v) is 11.3. The predicted octanol–water partition coefficient (Wildman–Crippen LogP) is 1.32. The van der Waals surface area contributed by atoms with Gasteiger partial charge in [0, 0.05) is 31.5 Å². The summed E-state index contributed by atoms with van der Waals surface area (Å²) in [7, 11) is 0. The Morgan fingerprint density at radius 3 is 2.68 bits per heavy atom. The summed E-state index contributed by atoms with van der Waals surface area (Å²) < 4.78 is 0. The fraction of sp³-hybridized carbons (Fsp3) is 0.600. The summed E-state index contributed by atoms with van der Waals surface area (Å²) in [6.45, 7) is 4.28. The lowest BCUT2D eigenvalue weighted by molar-refractivity contribution is -0.129. The molecule has 0 bridgehead atoms. The monoisotopic (exact) mass is 259 g/mol. The molecule has 4 nitrogen and oxygen atoms in total. The van der Waals surface area contributed by atoms with Crippen LogP contribution in [0.25, 0.3) is 0 Å². The molecule has 0 saturated carbocycles. The summed E-state index contributed by atoms with van der Waals surface area (Å²) in [4.78, 5) is 20.8. The first-order valence-electron chi connectivity index (χ1n) is 7.23. The van der Waals surface area contributed by atoms with Gasteiger partial charge in [0.25, 0.3) is 0 Å². The number of amides is 1. The van der Waals surface area contributed by atoms with Gasteiger partial charge in [-0.1, -0.05) is 0 Å². The number of carbonyl (C=O) groups is 1. The Morgan fingerprint density at radius 2 is 1.95 bits per heavy atom. The molecule has 0 N–H and O–H groups in total. The van der Waals surface area contributed by atoms with E-state index in [1.54, 1.807) is 12.4 Å². The molecule has 0 aliphatic carbocycles. The zero-order valence-electron chi connectivity index (χ0n) is 11.3. The van der Waals surface area contributed by atoms with Gasteiger partial charge in [-0.2, -0.15) is 0 Å². The van der Waals surface area contributed by atoms with Crippen LogP contribution in [-0.2, 0) is 11.2 Å². The third-order valence-electron chi connectivity index (χ3n) is 4.28. The van der Waals surface area contributed by atoms with Gasteiger partial charge < -0.3 is 4.90 Å². The Labute approximate surface area is 114 Å². The zero-order chi connectivity index (χ0) is 13.1. The summed E-state index contributed by atoms with van der Waals surface area (Å²) in [5, 5.41) is 0. The first-order chi connectivity index (χ1) is 9.33. The Balaban J connectivity index is 1.54. The van der Waals surface area contributed by atoms with E-state index in [1.165, 1.54) is 25.9 Å². The minimum atomic E-state index is 0.257. The van der Waals surface area contributed by atoms with Crippen molar-refractivity contribution < 1.29 is 4.79 Å². The van der Waals surface area contributed by atoms with Crippen molar-refractivity contribution in [3.63, 3.8) is 0 Å². The van der Waals surface area contributed by atoms with Crippen molar-refractivity contribution in [1.29, 1.82) is 0 Å². The van der Waals surface area contributed by atoms with Crippen molar-refractivity contribution in [3.8, 4) is 0 Å². The quantitative estimate of drug-likeness (QED) is 0.821. The summed E-state index contributed by atoms with van der Waals surface area (Å²) in [6, 6.07) is 4.45. The van der Waals surface area contributed by atoms with Crippen LogP contribution in [0.2, 0.25) is 0 Å². The van der Waals surface area contributed by atoms with Gasteiger partial charge in [-0.25, -0.2) is 0 Å². The van der Waals surface area contributed by atoms with Gasteiger partial charge in [-0.15, -0.1) is 0 Å². The van der Waals surface area contributed by atoms with Crippen LogP contribution in [0.5, 0.6) is 0 Å². The van der Waals surface area contributed by atoms with E-state index in [0.29, 0.717) is 12.5 Å². The third kappa shape index (κ3) is 2.95. The molecule has 0 spiro atoms. The molecule has 1 aromatic rings. The fourth-order valence-electron chi connectivity index (χ4n) is 3.16. The lowest BCUT2D eigenvalue weighted by atomic mass is 10.2. The second-order valence-corrected chi connectivity index (χ2v) is 5.56. The van der Waals surface area contributed by atoms with Crippen LogP contribution in [-0.4, -0.2) is 52.9 Å². The van der Waals surface area contributed by atoms with E-state index >= 15 is 0 Å². The molecule has 1 unspecified atom stereocenters. The highest BCUT2D eigenvalue weighted by Crippen LogP contribution is 2.20. The van der Waals surface area contributed by atoms with Crippen molar-refractivity contribution in [2.75, 3.05) is 26.2 Å².